The first-order chi connectivity index (χ1) is 9.06. The number of carbonyl (C=O) groups is 4. The fraction of sp³-hybridized carbons (Fsp3) is 0.600. The molecule has 0 saturated carbocycles. The van der Waals surface area contributed by atoms with Crippen LogP contribution in [0, 0.1) is 0 Å². The first kappa shape index (κ1) is 15.8. The summed E-state index contributed by atoms with van der Waals surface area (Å²) in [6, 6.07) is 0. The zero-order chi connectivity index (χ0) is 14.3. The van der Waals surface area contributed by atoms with Gasteiger partial charge in [-0.2, -0.15) is 0 Å². The van der Waals surface area contributed by atoms with Crippen LogP contribution in [0.4, 0.5) is 4.79 Å². The average Bonchev–Trinajstić information content (AvgIpc) is 2.70. The summed E-state index contributed by atoms with van der Waals surface area (Å²) in [4.78, 5) is 46.1. The minimum Gasteiger partial charge on any atom is -0.348 e. The molecular weight excluding hydrogens is 294 g/mol. The lowest BCUT2D eigenvalue weighted by Crippen LogP contribution is -2.44. The molecule has 1 saturated heterocycles. The van der Waals surface area contributed by atoms with Crippen LogP contribution in [0.25, 0.3) is 0 Å². The number of thioether (sulfide) groups is 1. The third kappa shape index (κ3) is 5.07. The van der Waals surface area contributed by atoms with Gasteiger partial charge in [0.05, 0.1) is 5.75 Å². The molecular formula is C10H14ClN3O4S. The Morgan fingerprint density at radius 1 is 1.21 bits per heavy atom. The molecule has 0 aromatic carbocycles. The van der Waals surface area contributed by atoms with E-state index in [0.717, 1.165) is 16.7 Å². The van der Waals surface area contributed by atoms with Gasteiger partial charge in [0.2, 0.25) is 5.91 Å². The van der Waals surface area contributed by atoms with E-state index in [0.29, 0.717) is 18.8 Å². The molecule has 106 valence electrons. The Morgan fingerprint density at radius 3 is 2.37 bits per heavy atom. The van der Waals surface area contributed by atoms with Gasteiger partial charge in [-0.1, -0.05) is 11.8 Å². The number of hydrogen-bond acceptors (Lipinski definition) is 5. The van der Waals surface area contributed by atoms with E-state index >= 15 is 0 Å². The molecule has 1 fully saturated rings. The minimum absolute atomic E-state index is 0.0554. The van der Waals surface area contributed by atoms with Gasteiger partial charge in [0.25, 0.3) is 5.24 Å². The lowest BCUT2D eigenvalue weighted by molar-refractivity contribution is -0.139. The predicted octanol–water partition coefficient (Wildman–Crippen LogP) is -0.457. The van der Waals surface area contributed by atoms with E-state index < -0.39 is 11.8 Å². The van der Waals surface area contributed by atoms with Gasteiger partial charge >= 0.3 is 11.8 Å². The van der Waals surface area contributed by atoms with Gasteiger partial charge < -0.3 is 10.6 Å². The lowest BCUT2D eigenvalue weighted by atomic mass is 10.4. The molecule has 1 heterocycles. The molecule has 0 radical (unpaired) electrons. The normalized spacial score (nSPS) is 14.7. The smallest absolute Gasteiger partial charge is 0.309 e. The zero-order valence-electron chi connectivity index (χ0n) is 10.1. The van der Waals surface area contributed by atoms with Crippen LogP contribution < -0.4 is 10.6 Å². The standard InChI is InChI=1S/C10H14ClN3O4S/c11-2-1-3-12-8(16)9(17)13-4-5-14-7(15)6-19-10(14)18/h1-6H2,(H,12,16)(H,13,17). The van der Waals surface area contributed by atoms with Crippen LogP contribution in [0.3, 0.4) is 0 Å². The van der Waals surface area contributed by atoms with E-state index in [1.54, 1.807) is 0 Å². The number of carbonyl (C=O) groups excluding carboxylic acids is 4. The van der Waals surface area contributed by atoms with Crippen molar-refractivity contribution < 1.29 is 19.2 Å². The molecule has 19 heavy (non-hydrogen) atoms. The lowest BCUT2D eigenvalue weighted by Gasteiger charge is -2.12. The summed E-state index contributed by atoms with van der Waals surface area (Å²) in [6.45, 7) is 0.459. The molecule has 7 nitrogen and oxygen atoms in total. The summed E-state index contributed by atoms with van der Waals surface area (Å²) < 4.78 is 0. The number of nitrogens with zero attached hydrogens (tertiary/aromatic N) is 1. The largest absolute Gasteiger partial charge is 0.348 e. The minimum atomic E-state index is -0.790. The molecule has 0 atom stereocenters. The van der Waals surface area contributed by atoms with E-state index in [1.165, 1.54) is 0 Å². The summed E-state index contributed by atoms with van der Waals surface area (Å²) in [5, 5.41) is 4.40. The molecule has 1 aliphatic rings. The van der Waals surface area contributed by atoms with Gasteiger partial charge in [-0.05, 0) is 6.42 Å². The molecule has 0 spiro atoms. The van der Waals surface area contributed by atoms with Crippen molar-refractivity contribution in [3.63, 3.8) is 0 Å². The number of imide groups is 1. The third-order valence-electron chi connectivity index (χ3n) is 2.26. The number of rotatable bonds is 6. The number of hydrogen-bond donors (Lipinski definition) is 2. The van der Waals surface area contributed by atoms with Gasteiger partial charge in [-0.15, -0.1) is 11.6 Å². The van der Waals surface area contributed by atoms with Gasteiger partial charge in [0.1, 0.15) is 0 Å². The molecule has 1 rings (SSSR count). The van der Waals surface area contributed by atoms with Gasteiger partial charge in [0.15, 0.2) is 0 Å². The first-order valence-electron chi connectivity index (χ1n) is 5.65. The topological polar surface area (TPSA) is 95.6 Å². The van der Waals surface area contributed by atoms with Crippen LogP contribution in [-0.2, 0) is 14.4 Å². The Labute approximate surface area is 119 Å². The molecule has 0 aromatic heterocycles. The second-order valence-corrected chi connectivity index (χ2v) is 4.96. The molecule has 1 aliphatic heterocycles. The second-order valence-electron chi connectivity index (χ2n) is 3.65. The van der Waals surface area contributed by atoms with Crippen LogP contribution >= 0.6 is 23.4 Å². The van der Waals surface area contributed by atoms with Crippen molar-refractivity contribution in [3.05, 3.63) is 0 Å². The first-order valence-corrected chi connectivity index (χ1v) is 7.17. The molecule has 0 aliphatic carbocycles. The maximum atomic E-state index is 11.3. The number of nitrogens with one attached hydrogen (secondary N) is 2. The quantitative estimate of drug-likeness (QED) is 0.393. The Bertz CT molecular complexity index is 375. The Kier molecular flexibility index (Phi) is 6.65. The highest BCUT2D eigenvalue weighted by Gasteiger charge is 2.29. The second kappa shape index (κ2) is 8.00. The summed E-state index contributed by atoms with van der Waals surface area (Å²) >= 11 is 6.35. The monoisotopic (exact) mass is 307 g/mol. The van der Waals surface area contributed by atoms with Crippen molar-refractivity contribution >= 4 is 46.3 Å². The van der Waals surface area contributed by atoms with Crippen molar-refractivity contribution in [2.75, 3.05) is 31.3 Å². The average molecular weight is 308 g/mol. The van der Waals surface area contributed by atoms with Crippen LogP contribution in [0.5, 0.6) is 0 Å². The van der Waals surface area contributed by atoms with E-state index in [1.807, 2.05) is 0 Å². The highest BCUT2D eigenvalue weighted by atomic mass is 35.5. The van der Waals surface area contributed by atoms with Crippen LogP contribution in [-0.4, -0.2) is 59.1 Å². The number of amides is 4. The van der Waals surface area contributed by atoms with E-state index in [9.17, 15) is 19.2 Å². The molecule has 0 aromatic rings. The third-order valence-corrected chi connectivity index (χ3v) is 3.39. The zero-order valence-corrected chi connectivity index (χ0v) is 11.7. The summed E-state index contributed by atoms with van der Waals surface area (Å²) in [5.41, 5.74) is 0. The summed E-state index contributed by atoms with van der Waals surface area (Å²) in [6.07, 6.45) is 0.578. The van der Waals surface area contributed by atoms with Gasteiger partial charge in [0, 0.05) is 25.5 Å². The van der Waals surface area contributed by atoms with E-state index in [4.69, 9.17) is 11.6 Å². The Hall–Kier alpha value is -1.28. The highest BCUT2D eigenvalue weighted by molar-refractivity contribution is 8.14. The van der Waals surface area contributed by atoms with Crippen LogP contribution in [0.15, 0.2) is 0 Å². The molecule has 9 heteroatoms. The van der Waals surface area contributed by atoms with Crippen molar-refractivity contribution in [2.45, 2.75) is 6.42 Å². The van der Waals surface area contributed by atoms with Crippen molar-refractivity contribution in [1.29, 1.82) is 0 Å². The van der Waals surface area contributed by atoms with Crippen LogP contribution in [0.1, 0.15) is 6.42 Å². The molecule has 2 N–H and O–H groups in total. The SMILES string of the molecule is O=C(NCCCCl)C(=O)NCCN1C(=O)CSC1=O. The van der Waals surface area contributed by atoms with E-state index in [-0.39, 0.29) is 30.0 Å². The summed E-state index contributed by atoms with van der Waals surface area (Å²) in [7, 11) is 0. The Balaban J connectivity index is 2.21. The molecule has 4 amide bonds. The van der Waals surface area contributed by atoms with Gasteiger partial charge in [-0.3, -0.25) is 24.1 Å². The fourth-order valence-electron chi connectivity index (χ4n) is 1.31. The van der Waals surface area contributed by atoms with E-state index in [2.05, 4.69) is 10.6 Å². The van der Waals surface area contributed by atoms with Crippen molar-refractivity contribution in [1.82, 2.24) is 15.5 Å². The number of alkyl halides is 1. The maximum absolute atomic E-state index is 11.3. The fourth-order valence-corrected chi connectivity index (χ4v) is 2.19. The van der Waals surface area contributed by atoms with Crippen molar-refractivity contribution in [3.8, 4) is 0 Å². The van der Waals surface area contributed by atoms with Gasteiger partial charge in [-0.25, -0.2) is 0 Å². The van der Waals surface area contributed by atoms with Crippen molar-refractivity contribution in [2.24, 2.45) is 0 Å². The predicted molar refractivity (Wildman–Crippen MR) is 70.9 cm³/mol. The van der Waals surface area contributed by atoms with Crippen LogP contribution in [0.2, 0.25) is 0 Å². The molecule has 0 unspecified atom stereocenters. The summed E-state index contributed by atoms with van der Waals surface area (Å²) in [5.74, 6) is -1.29. The highest BCUT2D eigenvalue weighted by Crippen LogP contribution is 2.17. The number of halogens is 1. The maximum Gasteiger partial charge on any atom is 0.309 e. The molecule has 0 bridgehead atoms. The Morgan fingerprint density at radius 2 is 1.84 bits per heavy atom.